The Bertz CT molecular complexity index is 243. The highest BCUT2D eigenvalue weighted by molar-refractivity contribution is 5.80. The summed E-state index contributed by atoms with van der Waals surface area (Å²) in [5, 5.41) is 2.55. The van der Waals surface area contributed by atoms with Crippen molar-refractivity contribution < 1.29 is 14.3 Å². The lowest BCUT2D eigenvalue weighted by Gasteiger charge is -2.21. The first kappa shape index (κ1) is 12.0. The van der Waals surface area contributed by atoms with E-state index < -0.39 is 0 Å². The van der Waals surface area contributed by atoms with Crippen molar-refractivity contribution in [1.29, 1.82) is 0 Å². The van der Waals surface area contributed by atoms with Crippen LogP contribution in [0.1, 0.15) is 19.8 Å². The van der Waals surface area contributed by atoms with E-state index >= 15 is 0 Å². The number of nitrogens with one attached hydrogen (secondary N) is 1. The maximum absolute atomic E-state index is 11.5. The van der Waals surface area contributed by atoms with E-state index in [-0.39, 0.29) is 24.5 Å². The number of ether oxygens (including phenoxy) is 1. The molecule has 0 bridgehead atoms. The maximum Gasteiger partial charge on any atom is 0.323 e. The third-order valence-corrected chi connectivity index (χ3v) is 2.55. The van der Waals surface area contributed by atoms with Gasteiger partial charge in [0.1, 0.15) is 6.04 Å². The Morgan fingerprint density at radius 2 is 2.27 bits per heavy atom. The molecule has 5 nitrogen and oxygen atoms in total. The SMILES string of the molecule is CCOC(=O)C1CCCN1CC(=O)NC. The molecule has 5 heteroatoms. The molecule has 1 N–H and O–H groups in total. The molecule has 0 radical (unpaired) electrons. The van der Waals surface area contributed by atoms with Crippen LogP contribution in [-0.2, 0) is 14.3 Å². The van der Waals surface area contributed by atoms with Crippen molar-refractivity contribution in [3.8, 4) is 0 Å². The van der Waals surface area contributed by atoms with Crippen molar-refractivity contribution in [3.05, 3.63) is 0 Å². The Hall–Kier alpha value is -1.10. The summed E-state index contributed by atoms with van der Waals surface area (Å²) in [7, 11) is 1.60. The zero-order valence-electron chi connectivity index (χ0n) is 9.28. The van der Waals surface area contributed by atoms with Gasteiger partial charge < -0.3 is 10.1 Å². The normalized spacial score (nSPS) is 21.3. The van der Waals surface area contributed by atoms with Crippen LogP contribution in [0.4, 0.5) is 0 Å². The molecule has 1 fully saturated rings. The van der Waals surface area contributed by atoms with Gasteiger partial charge in [-0.15, -0.1) is 0 Å². The van der Waals surface area contributed by atoms with Gasteiger partial charge in [-0.25, -0.2) is 0 Å². The van der Waals surface area contributed by atoms with Gasteiger partial charge in [0.2, 0.25) is 5.91 Å². The molecule has 1 aliphatic heterocycles. The van der Waals surface area contributed by atoms with Crippen LogP contribution in [0.2, 0.25) is 0 Å². The minimum Gasteiger partial charge on any atom is -0.465 e. The molecule has 15 heavy (non-hydrogen) atoms. The van der Waals surface area contributed by atoms with E-state index in [1.165, 1.54) is 0 Å². The van der Waals surface area contributed by atoms with Gasteiger partial charge in [-0.3, -0.25) is 14.5 Å². The monoisotopic (exact) mass is 214 g/mol. The number of nitrogens with zero attached hydrogens (tertiary/aromatic N) is 1. The highest BCUT2D eigenvalue weighted by Gasteiger charge is 2.32. The van der Waals surface area contributed by atoms with E-state index in [0.29, 0.717) is 6.61 Å². The van der Waals surface area contributed by atoms with E-state index in [0.717, 1.165) is 19.4 Å². The summed E-state index contributed by atoms with van der Waals surface area (Å²) in [5.74, 6) is -0.273. The number of rotatable bonds is 4. The summed E-state index contributed by atoms with van der Waals surface area (Å²) < 4.78 is 4.96. The molecule has 0 spiro atoms. The van der Waals surface area contributed by atoms with Gasteiger partial charge in [0.05, 0.1) is 13.2 Å². The van der Waals surface area contributed by atoms with Gasteiger partial charge in [0, 0.05) is 7.05 Å². The molecule has 1 amide bonds. The molecule has 0 aromatic heterocycles. The molecule has 0 aromatic rings. The zero-order valence-corrected chi connectivity index (χ0v) is 9.28. The summed E-state index contributed by atoms with van der Waals surface area (Å²) >= 11 is 0. The number of carbonyl (C=O) groups is 2. The average Bonchev–Trinajstić information content (AvgIpc) is 2.66. The molecule has 0 aromatic carbocycles. The maximum atomic E-state index is 11.5. The minimum atomic E-state index is -0.234. The van der Waals surface area contributed by atoms with Crippen LogP contribution in [0.25, 0.3) is 0 Å². The lowest BCUT2D eigenvalue weighted by molar-refractivity contribution is -0.148. The largest absolute Gasteiger partial charge is 0.465 e. The predicted octanol–water partition coefficient (Wildman–Crippen LogP) is -0.240. The van der Waals surface area contributed by atoms with Gasteiger partial charge in [-0.05, 0) is 26.3 Å². The number of hydrogen-bond donors (Lipinski definition) is 1. The summed E-state index contributed by atoms with van der Waals surface area (Å²) in [6, 6.07) is -0.234. The standard InChI is InChI=1S/C10H18N2O3/c1-3-15-10(14)8-5-4-6-12(8)7-9(13)11-2/h8H,3-7H2,1-2H3,(H,11,13). The Balaban J connectivity index is 2.49. The third kappa shape index (κ3) is 3.20. The fourth-order valence-electron chi connectivity index (χ4n) is 1.78. The van der Waals surface area contributed by atoms with Gasteiger partial charge in [-0.1, -0.05) is 0 Å². The number of amides is 1. The molecule has 1 heterocycles. The van der Waals surface area contributed by atoms with Crippen molar-refractivity contribution in [2.75, 3.05) is 26.7 Å². The van der Waals surface area contributed by atoms with Gasteiger partial charge in [-0.2, -0.15) is 0 Å². The lowest BCUT2D eigenvalue weighted by Crippen LogP contribution is -2.42. The fourth-order valence-corrected chi connectivity index (χ4v) is 1.78. The molecule has 0 saturated carbocycles. The fraction of sp³-hybridized carbons (Fsp3) is 0.800. The summed E-state index contributed by atoms with van der Waals surface area (Å²) in [6.45, 7) is 3.25. The first-order valence-corrected chi connectivity index (χ1v) is 5.30. The van der Waals surface area contributed by atoms with E-state index in [2.05, 4.69) is 5.32 Å². The highest BCUT2D eigenvalue weighted by Crippen LogP contribution is 2.17. The van der Waals surface area contributed by atoms with Crippen LogP contribution in [-0.4, -0.2) is 49.6 Å². The van der Waals surface area contributed by atoms with Crippen molar-refractivity contribution in [2.24, 2.45) is 0 Å². The van der Waals surface area contributed by atoms with E-state index in [1.54, 1.807) is 14.0 Å². The Morgan fingerprint density at radius 1 is 1.53 bits per heavy atom. The van der Waals surface area contributed by atoms with Crippen LogP contribution in [0.3, 0.4) is 0 Å². The second-order valence-electron chi connectivity index (χ2n) is 3.55. The van der Waals surface area contributed by atoms with Gasteiger partial charge in [0.15, 0.2) is 0 Å². The molecular weight excluding hydrogens is 196 g/mol. The topological polar surface area (TPSA) is 58.6 Å². The first-order valence-electron chi connectivity index (χ1n) is 5.30. The first-order chi connectivity index (χ1) is 7.19. The number of likely N-dealkylation sites (N-methyl/N-ethyl adjacent to an activating group) is 1. The van der Waals surface area contributed by atoms with Crippen molar-refractivity contribution in [3.63, 3.8) is 0 Å². The molecule has 86 valence electrons. The molecular formula is C10H18N2O3. The van der Waals surface area contributed by atoms with Crippen LogP contribution in [0.5, 0.6) is 0 Å². The van der Waals surface area contributed by atoms with Crippen LogP contribution in [0, 0.1) is 0 Å². The van der Waals surface area contributed by atoms with Crippen LogP contribution in [0.15, 0.2) is 0 Å². The average molecular weight is 214 g/mol. The van der Waals surface area contributed by atoms with E-state index in [4.69, 9.17) is 4.74 Å². The summed E-state index contributed by atoms with van der Waals surface area (Å²) in [6.07, 6.45) is 1.73. The van der Waals surface area contributed by atoms with Crippen LogP contribution >= 0.6 is 0 Å². The van der Waals surface area contributed by atoms with Crippen molar-refractivity contribution in [1.82, 2.24) is 10.2 Å². The third-order valence-electron chi connectivity index (χ3n) is 2.55. The molecule has 1 atom stereocenters. The Labute approximate surface area is 89.8 Å². The van der Waals surface area contributed by atoms with Gasteiger partial charge in [0.25, 0.3) is 0 Å². The second-order valence-corrected chi connectivity index (χ2v) is 3.55. The van der Waals surface area contributed by atoms with E-state index in [1.807, 2.05) is 4.90 Å². The quantitative estimate of drug-likeness (QED) is 0.656. The molecule has 1 aliphatic rings. The van der Waals surface area contributed by atoms with Crippen molar-refractivity contribution in [2.45, 2.75) is 25.8 Å². The number of likely N-dealkylation sites (tertiary alicyclic amines) is 1. The van der Waals surface area contributed by atoms with E-state index in [9.17, 15) is 9.59 Å². The second kappa shape index (κ2) is 5.70. The lowest BCUT2D eigenvalue weighted by atomic mass is 10.2. The number of hydrogen-bond acceptors (Lipinski definition) is 4. The number of esters is 1. The van der Waals surface area contributed by atoms with Crippen molar-refractivity contribution >= 4 is 11.9 Å². The van der Waals surface area contributed by atoms with Crippen LogP contribution < -0.4 is 5.32 Å². The Morgan fingerprint density at radius 3 is 2.87 bits per heavy atom. The molecule has 1 unspecified atom stereocenters. The Kier molecular flexibility index (Phi) is 4.55. The summed E-state index contributed by atoms with van der Waals surface area (Å²) in [4.78, 5) is 24.6. The molecule has 1 rings (SSSR count). The zero-order chi connectivity index (χ0) is 11.3. The van der Waals surface area contributed by atoms with Gasteiger partial charge >= 0.3 is 5.97 Å². The number of carbonyl (C=O) groups excluding carboxylic acids is 2. The summed E-state index contributed by atoms with van der Waals surface area (Å²) in [5.41, 5.74) is 0. The molecule has 1 saturated heterocycles. The highest BCUT2D eigenvalue weighted by atomic mass is 16.5. The minimum absolute atomic E-state index is 0.0637. The smallest absolute Gasteiger partial charge is 0.323 e. The predicted molar refractivity (Wildman–Crippen MR) is 55.3 cm³/mol. The molecule has 0 aliphatic carbocycles.